The van der Waals surface area contributed by atoms with Crippen LogP contribution in [0.25, 0.3) is 0 Å². The highest BCUT2D eigenvalue weighted by Gasteiger charge is 2.26. The van der Waals surface area contributed by atoms with Gasteiger partial charge in [-0.2, -0.15) is 0 Å². The molecule has 8 rings (SSSR count). The molecule has 0 atom stereocenters. The molecule has 4 heterocycles. The van der Waals surface area contributed by atoms with Crippen molar-refractivity contribution in [3.8, 4) is 11.5 Å². The van der Waals surface area contributed by atoms with Gasteiger partial charge in [-0.3, -0.25) is 0 Å². The van der Waals surface area contributed by atoms with E-state index in [2.05, 4.69) is 51.3 Å². The molecular weight excluding hydrogens is 623 g/mol. The maximum atomic E-state index is 6.28. The number of aliphatic imine (C=N–C) groups is 2. The molecule has 0 spiro atoms. The molecule has 4 aliphatic heterocycles. The topological polar surface area (TPSA) is 55.7 Å². The number of amidine groups is 2. The van der Waals surface area contributed by atoms with Gasteiger partial charge in [-0.15, -0.1) is 0 Å². The van der Waals surface area contributed by atoms with Crippen molar-refractivity contribution >= 4 is 58.0 Å². The molecule has 0 amide bonds. The van der Waals surface area contributed by atoms with Gasteiger partial charge in [-0.05, 0) is 67.7 Å². The number of ether oxygens (including phenoxy) is 1. The van der Waals surface area contributed by atoms with E-state index in [4.69, 9.17) is 37.9 Å². The van der Waals surface area contributed by atoms with Crippen molar-refractivity contribution in [1.82, 2.24) is 20.0 Å². The number of likely N-dealkylation sites (N-methyl/N-ethyl adjacent to an activating group) is 1. The van der Waals surface area contributed by atoms with E-state index in [9.17, 15) is 0 Å². The lowest BCUT2D eigenvalue weighted by atomic mass is 10.1. The Hall–Kier alpha value is -3.53. The van der Waals surface area contributed by atoms with Crippen LogP contribution in [0.15, 0.2) is 105 Å². The van der Waals surface area contributed by atoms with E-state index in [0.717, 1.165) is 103 Å². The van der Waals surface area contributed by atoms with Crippen molar-refractivity contribution in [2.45, 2.75) is 9.79 Å². The molecule has 0 aromatic heterocycles. The monoisotopic (exact) mass is 656 g/mol. The predicted molar refractivity (Wildman–Crippen MR) is 186 cm³/mol. The molecule has 0 unspecified atom stereocenters. The van der Waals surface area contributed by atoms with Gasteiger partial charge in [0.2, 0.25) is 0 Å². The highest BCUT2D eigenvalue weighted by atomic mass is 35.5. The summed E-state index contributed by atoms with van der Waals surface area (Å²) in [5.74, 6) is 3.56. The molecule has 4 aromatic rings. The van der Waals surface area contributed by atoms with E-state index >= 15 is 0 Å². The van der Waals surface area contributed by atoms with Gasteiger partial charge in [0.05, 0.1) is 11.3 Å². The zero-order valence-electron chi connectivity index (χ0n) is 25.0. The molecule has 7 nitrogen and oxygen atoms in total. The van der Waals surface area contributed by atoms with Crippen LogP contribution in [-0.2, 0) is 0 Å². The minimum absolute atomic E-state index is 0.691. The van der Waals surface area contributed by atoms with Crippen LogP contribution in [0.3, 0.4) is 0 Å². The molecule has 0 aliphatic carbocycles. The van der Waals surface area contributed by atoms with E-state index in [0.29, 0.717) is 5.02 Å². The lowest BCUT2D eigenvalue weighted by Gasteiger charge is -2.34. The Balaban J connectivity index is 0.000000145. The normalized spacial score (nSPS) is 17.5. The molecule has 0 bridgehead atoms. The lowest BCUT2D eigenvalue weighted by molar-refractivity contribution is 0.215. The number of nitrogens with one attached hydrogen (secondary N) is 1. The molecule has 230 valence electrons. The molecule has 45 heavy (non-hydrogen) atoms. The summed E-state index contributed by atoms with van der Waals surface area (Å²) in [5.41, 5.74) is 3.98. The fourth-order valence-corrected chi connectivity index (χ4v) is 7.11. The summed E-state index contributed by atoms with van der Waals surface area (Å²) >= 11 is 14.3. The molecular formula is C35H34Cl2N6OS. The van der Waals surface area contributed by atoms with Crippen molar-refractivity contribution in [1.29, 1.82) is 0 Å². The van der Waals surface area contributed by atoms with Crippen LogP contribution < -0.4 is 10.1 Å². The van der Waals surface area contributed by atoms with Crippen molar-refractivity contribution in [3.63, 3.8) is 0 Å². The Labute approximate surface area is 278 Å². The molecule has 0 saturated carbocycles. The third-order valence-corrected chi connectivity index (χ3v) is 9.82. The van der Waals surface area contributed by atoms with Crippen LogP contribution in [0.2, 0.25) is 10.0 Å². The van der Waals surface area contributed by atoms with Gasteiger partial charge in [-0.25, -0.2) is 9.98 Å². The van der Waals surface area contributed by atoms with E-state index in [1.54, 1.807) is 11.8 Å². The lowest BCUT2D eigenvalue weighted by Crippen LogP contribution is -2.47. The minimum Gasteiger partial charge on any atom is -0.454 e. The van der Waals surface area contributed by atoms with Gasteiger partial charge in [0.15, 0.2) is 5.75 Å². The number of piperazine rings is 2. The maximum absolute atomic E-state index is 6.28. The summed E-state index contributed by atoms with van der Waals surface area (Å²) in [6.07, 6.45) is 0. The smallest absolute Gasteiger partial charge is 0.153 e. The standard InChI is InChI=1S/C18H18ClN3S.C17H16ClN3O/c1-21-8-10-22(11-9-21)18-14-12-13(19)6-7-16(14)23-17-5-3-2-4-15(17)20-18;18-12-5-6-15-13(11-12)17(21-9-7-19-8-10-21)20-14-3-1-2-4-16(14)22-15/h2-7,12H,8-11H2,1H3;1-6,11,19H,7-10H2. The van der Waals surface area contributed by atoms with Crippen LogP contribution in [0.5, 0.6) is 11.5 Å². The van der Waals surface area contributed by atoms with Crippen molar-refractivity contribution < 1.29 is 4.74 Å². The number of halogens is 2. The second kappa shape index (κ2) is 13.4. The van der Waals surface area contributed by atoms with Gasteiger partial charge >= 0.3 is 0 Å². The Bertz CT molecular complexity index is 1770. The number of benzene rings is 4. The van der Waals surface area contributed by atoms with Crippen molar-refractivity contribution in [2.24, 2.45) is 9.98 Å². The largest absolute Gasteiger partial charge is 0.454 e. The second-order valence-electron chi connectivity index (χ2n) is 11.3. The molecule has 4 aliphatic rings. The average Bonchev–Trinajstić information content (AvgIpc) is 3.33. The van der Waals surface area contributed by atoms with Crippen molar-refractivity contribution in [2.75, 3.05) is 59.4 Å². The Kier molecular flexibility index (Phi) is 9.01. The first-order chi connectivity index (χ1) is 22.0. The average molecular weight is 658 g/mol. The third-order valence-electron chi connectivity index (χ3n) is 8.21. The first-order valence-electron chi connectivity index (χ1n) is 15.2. The number of hydrogen-bond donors (Lipinski definition) is 1. The second-order valence-corrected chi connectivity index (χ2v) is 13.3. The molecule has 4 aromatic carbocycles. The third kappa shape index (κ3) is 6.71. The number of rotatable bonds is 0. The molecule has 2 saturated heterocycles. The summed E-state index contributed by atoms with van der Waals surface area (Å²) in [4.78, 5) is 19.3. The summed E-state index contributed by atoms with van der Waals surface area (Å²) in [7, 11) is 2.17. The highest BCUT2D eigenvalue weighted by Crippen LogP contribution is 2.42. The number of para-hydroxylation sites is 3. The number of nitrogens with zero attached hydrogens (tertiary/aromatic N) is 5. The Morgan fingerprint density at radius 3 is 2.07 bits per heavy atom. The molecule has 10 heteroatoms. The molecule has 2 fully saturated rings. The van der Waals surface area contributed by atoms with Crippen LogP contribution >= 0.6 is 35.0 Å². The first kappa shape index (κ1) is 30.1. The zero-order valence-corrected chi connectivity index (χ0v) is 27.4. The number of hydrogen-bond acceptors (Lipinski definition) is 8. The maximum Gasteiger partial charge on any atom is 0.153 e. The fraction of sp³-hybridized carbons (Fsp3) is 0.257. The fourth-order valence-electron chi connectivity index (χ4n) is 5.77. The van der Waals surface area contributed by atoms with Crippen molar-refractivity contribution in [3.05, 3.63) is 106 Å². The van der Waals surface area contributed by atoms with Crippen LogP contribution in [-0.4, -0.2) is 85.8 Å². The summed E-state index contributed by atoms with van der Waals surface area (Å²) in [5, 5.41) is 4.82. The zero-order chi connectivity index (χ0) is 30.8. The van der Waals surface area contributed by atoms with E-state index in [-0.39, 0.29) is 0 Å². The number of fused-ring (bicyclic) bond motifs is 4. The summed E-state index contributed by atoms with van der Waals surface area (Å²) in [6, 6.07) is 28.0. The van der Waals surface area contributed by atoms with Gasteiger partial charge < -0.3 is 24.8 Å². The van der Waals surface area contributed by atoms with Gasteiger partial charge in [0, 0.05) is 77.8 Å². The van der Waals surface area contributed by atoms with Gasteiger partial charge in [0.25, 0.3) is 0 Å². The Morgan fingerprint density at radius 1 is 0.644 bits per heavy atom. The summed E-state index contributed by atoms with van der Waals surface area (Å²) < 4.78 is 6.06. The van der Waals surface area contributed by atoms with E-state index in [1.165, 1.54) is 9.79 Å². The SMILES string of the molecule is CN1CCN(C2=Nc3ccccc3Sc3ccc(Cl)cc32)CC1.Clc1ccc2c(c1)C(N1CCNCC1)=Nc1ccccc1O2. The van der Waals surface area contributed by atoms with Gasteiger partial charge in [-0.1, -0.05) is 59.2 Å². The van der Waals surface area contributed by atoms with E-state index in [1.807, 2.05) is 60.7 Å². The van der Waals surface area contributed by atoms with Crippen LogP contribution in [0.4, 0.5) is 11.4 Å². The first-order valence-corrected chi connectivity index (χ1v) is 16.8. The van der Waals surface area contributed by atoms with E-state index < -0.39 is 0 Å². The van der Waals surface area contributed by atoms with Crippen LogP contribution in [0, 0.1) is 0 Å². The molecule has 1 N–H and O–H groups in total. The predicted octanol–water partition coefficient (Wildman–Crippen LogP) is 7.56. The summed E-state index contributed by atoms with van der Waals surface area (Å²) in [6.45, 7) is 7.87. The van der Waals surface area contributed by atoms with Gasteiger partial charge in [0.1, 0.15) is 23.1 Å². The Morgan fingerprint density at radius 2 is 1.27 bits per heavy atom. The molecule has 0 radical (unpaired) electrons. The van der Waals surface area contributed by atoms with Crippen LogP contribution in [0.1, 0.15) is 11.1 Å². The minimum atomic E-state index is 0.691. The quantitative estimate of drug-likeness (QED) is 0.211. The highest BCUT2D eigenvalue weighted by molar-refractivity contribution is 7.99.